The monoisotopic (exact) mass is 1460 g/mol. The van der Waals surface area contributed by atoms with E-state index in [1.165, 1.54) is 160 Å². The molecule has 544 valence electrons. The Hall–Kier alpha value is -8.82. The number of allylic oxidation sites excluding steroid dienone is 2. The van der Waals surface area contributed by atoms with E-state index in [9.17, 15) is 5.11 Å². The van der Waals surface area contributed by atoms with Gasteiger partial charge in [-0.3, -0.25) is 14.7 Å². The minimum atomic E-state index is 0.198. The van der Waals surface area contributed by atoms with E-state index in [2.05, 4.69) is 213 Å². The van der Waals surface area contributed by atoms with Gasteiger partial charge in [0.15, 0.2) is 23.0 Å². The zero-order chi connectivity index (χ0) is 72.0. The molecule has 9 aromatic rings. The number of phenols is 1. The van der Waals surface area contributed by atoms with Gasteiger partial charge >= 0.3 is 0 Å². The van der Waals surface area contributed by atoms with Crippen molar-refractivity contribution in [3.8, 4) is 46.0 Å². The number of aromatic hydroxyl groups is 1. The highest BCUT2D eigenvalue weighted by atomic mass is 79.9. The molecule has 0 unspecified atom stereocenters. The van der Waals surface area contributed by atoms with Crippen molar-refractivity contribution in [2.45, 2.75) is 109 Å². The number of hydrogen-bond acceptors (Lipinski definition) is 12. The van der Waals surface area contributed by atoms with Gasteiger partial charge in [-0.1, -0.05) is 168 Å². The zero-order valence-corrected chi connectivity index (χ0v) is 63.1. The van der Waals surface area contributed by atoms with Crippen molar-refractivity contribution in [3.05, 3.63) is 277 Å². The first-order chi connectivity index (χ1) is 51.1. The van der Waals surface area contributed by atoms with Gasteiger partial charge in [0.05, 0.1) is 21.3 Å². The van der Waals surface area contributed by atoms with Crippen LogP contribution in [0.1, 0.15) is 149 Å². The third-order valence-electron chi connectivity index (χ3n) is 21.1. The van der Waals surface area contributed by atoms with Crippen LogP contribution in [0.5, 0.6) is 46.0 Å². The van der Waals surface area contributed by atoms with Gasteiger partial charge in [-0.2, -0.15) is 0 Å². The van der Waals surface area contributed by atoms with Crippen molar-refractivity contribution in [1.82, 2.24) is 14.7 Å². The van der Waals surface area contributed by atoms with Crippen molar-refractivity contribution in [1.29, 1.82) is 0 Å². The lowest BCUT2D eigenvalue weighted by molar-refractivity contribution is 0.237. The molecule has 3 fully saturated rings. The van der Waals surface area contributed by atoms with Crippen LogP contribution in [0.25, 0.3) is 16.7 Å². The highest BCUT2D eigenvalue weighted by Gasteiger charge is 2.35. The van der Waals surface area contributed by atoms with Gasteiger partial charge in [-0.15, -0.1) is 0 Å². The number of aliphatic hydroxyl groups is 1. The lowest BCUT2D eigenvalue weighted by Gasteiger charge is -2.35. The molecule has 2 N–H and O–H groups in total. The Morgan fingerprint density at radius 1 is 0.433 bits per heavy atom. The minimum Gasteiger partial charge on any atom is -0.504 e. The molecule has 3 heterocycles. The number of phenolic OH excluding ortho intramolecular Hbond substituents is 1. The van der Waals surface area contributed by atoms with Crippen molar-refractivity contribution >= 4 is 32.6 Å². The smallest absolute Gasteiger partial charge is 0.164 e. The number of fused-ring (bicyclic) bond motifs is 3. The normalized spacial score (nSPS) is 17.0. The van der Waals surface area contributed by atoms with Gasteiger partial charge in [-0.25, -0.2) is 0 Å². The quantitative estimate of drug-likeness (QED) is 0.0635. The SMILES string of the molecule is CCO.COc1c(C)ccc2c1CCC(Br)=C2c1ccc(OCCN2CCCC2)cc1.COc1c(O)ccc2c1CC[C@H](c1ccccc1)[C@@H]2c1ccc(OCCN2CCCC2)cc1.COc1c(OCc2ccccc2)ccc2c1CCC(c1ccccc1)=C2c1ccc(OCCN2CCCC2)cc1. The summed E-state index contributed by atoms with van der Waals surface area (Å²) >= 11 is 3.83. The number of aryl methyl sites for hydroxylation is 1. The molecule has 9 aromatic carbocycles. The lowest BCUT2D eigenvalue weighted by atomic mass is 9.69. The molecule has 15 rings (SSSR count). The number of ether oxygens (including phenoxy) is 7. The number of likely N-dealkylation sites (tertiary alicyclic amines) is 3. The zero-order valence-electron chi connectivity index (χ0n) is 61.6. The fourth-order valence-corrected chi connectivity index (χ4v) is 16.6. The highest BCUT2D eigenvalue weighted by molar-refractivity contribution is 9.11. The van der Waals surface area contributed by atoms with E-state index in [0.717, 1.165) is 124 Å². The molecule has 6 aliphatic rings. The van der Waals surface area contributed by atoms with Crippen LogP contribution in [0.2, 0.25) is 0 Å². The molecule has 0 radical (unpaired) electrons. The Morgan fingerprint density at radius 2 is 0.904 bits per heavy atom. The van der Waals surface area contributed by atoms with Gasteiger partial charge < -0.3 is 43.4 Å². The summed E-state index contributed by atoms with van der Waals surface area (Å²) in [5, 5.41) is 17.9. The fraction of sp³-hybridized carbons (Fsp3) is 0.363. The summed E-state index contributed by atoms with van der Waals surface area (Å²) in [6.07, 6.45) is 13.6. The second-order valence-electron chi connectivity index (χ2n) is 27.7. The second-order valence-corrected chi connectivity index (χ2v) is 28.6. The van der Waals surface area contributed by atoms with Crippen LogP contribution >= 0.6 is 15.9 Å². The van der Waals surface area contributed by atoms with E-state index in [0.29, 0.717) is 18.3 Å². The van der Waals surface area contributed by atoms with Crippen molar-refractivity contribution in [2.75, 3.05) is 107 Å². The second kappa shape index (κ2) is 37.7. The topological polar surface area (TPSA) is 115 Å². The number of hydrogen-bond donors (Lipinski definition) is 2. The lowest BCUT2D eigenvalue weighted by Crippen LogP contribution is -2.25. The molecule has 3 saturated heterocycles. The minimum absolute atomic E-state index is 0.198. The largest absolute Gasteiger partial charge is 0.504 e. The number of nitrogens with zero attached hydrogens (tertiary/aromatic N) is 3. The van der Waals surface area contributed by atoms with E-state index < -0.39 is 0 Å². The van der Waals surface area contributed by atoms with Crippen LogP contribution in [-0.2, 0) is 25.9 Å². The predicted molar refractivity (Wildman–Crippen MR) is 425 cm³/mol. The summed E-state index contributed by atoms with van der Waals surface area (Å²) in [7, 11) is 5.15. The average Bonchev–Trinajstić information content (AvgIpc) is 1.62. The van der Waals surface area contributed by atoms with Gasteiger partial charge in [0, 0.05) is 53.3 Å². The van der Waals surface area contributed by atoms with Crippen LogP contribution in [0.15, 0.2) is 205 Å². The Kier molecular flexibility index (Phi) is 27.2. The summed E-state index contributed by atoms with van der Waals surface area (Å²) in [4.78, 5) is 7.43. The fourth-order valence-electron chi connectivity index (χ4n) is 16.0. The molecule has 0 spiro atoms. The van der Waals surface area contributed by atoms with Crippen molar-refractivity contribution in [2.24, 2.45) is 0 Å². The van der Waals surface area contributed by atoms with Crippen LogP contribution in [-0.4, -0.2) is 132 Å². The standard InChI is InChI=1S/C36H37NO3.C29H33NO3.C24H28BrNO2.C2H6O/c1-38-36-33-19-18-31(28-12-6-3-7-13-28)35(32(33)20-21-34(36)40-26-27-10-4-2-5-11-27)29-14-16-30(17-15-29)39-25-24-37-22-8-9-23-37;1-32-29-26-14-13-24(21-7-3-2-4-8-21)28(25(26)15-16-27(29)31)22-9-11-23(12-10-22)33-20-19-30-17-5-6-18-30;1-17-5-10-20-21(24(17)27-2)11-12-22(25)23(20)18-6-8-19(9-7-18)28-16-15-26-13-3-4-14-26;1-2-3/h2-7,10-17,20-21H,8-9,18-19,22-26H2,1H3;2-4,7-12,15-16,24,28,31H,5-6,13-14,17-20H2,1H3;5-10H,3-4,11-16H2,1-2H3;3H,2H2,1H3/t;24-,28+;;/m.1../s1. The number of aliphatic hydroxyl groups excluding tert-OH is 1. The molecule has 3 aliphatic heterocycles. The molecule has 104 heavy (non-hydrogen) atoms. The van der Waals surface area contributed by atoms with Gasteiger partial charge in [-0.05, 0) is 257 Å². The van der Waals surface area contributed by atoms with Gasteiger partial charge in [0.2, 0.25) is 0 Å². The van der Waals surface area contributed by atoms with Crippen LogP contribution in [0.3, 0.4) is 0 Å². The molecular weight excluding hydrogens is 1360 g/mol. The molecular formula is C91H104BrN3O9. The third kappa shape index (κ3) is 18.8. The maximum atomic E-state index is 10.4. The Balaban J connectivity index is 0.000000146. The number of benzene rings is 9. The molecule has 0 amide bonds. The summed E-state index contributed by atoms with van der Waals surface area (Å²) < 4.78 is 42.9. The average molecular weight is 1460 g/mol. The third-order valence-corrected chi connectivity index (χ3v) is 21.9. The first-order valence-corrected chi connectivity index (χ1v) is 38.5. The van der Waals surface area contributed by atoms with Crippen LogP contribution in [0, 0.1) is 6.92 Å². The van der Waals surface area contributed by atoms with E-state index in [-0.39, 0.29) is 18.3 Å². The Bertz CT molecular complexity index is 4240. The maximum absolute atomic E-state index is 10.4. The summed E-state index contributed by atoms with van der Waals surface area (Å²) in [5.74, 6) is 6.83. The predicted octanol–water partition coefficient (Wildman–Crippen LogP) is 19.0. The Labute approximate surface area is 626 Å². The highest BCUT2D eigenvalue weighted by Crippen LogP contribution is 2.52. The van der Waals surface area contributed by atoms with Crippen LogP contribution in [0.4, 0.5) is 0 Å². The van der Waals surface area contributed by atoms with Crippen molar-refractivity contribution < 1.29 is 43.4 Å². The number of methoxy groups -OCH3 is 3. The molecule has 2 atom stereocenters. The summed E-state index contributed by atoms with van der Waals surface area (Å²) in [6, 6.07) is 70.0. The van der Waals surface area contributed by atoms with Gasteiger partial charge in [0.1, 0.15) is 49.4 Å². The summed E-state index contributed by atoms with van der Waals surface area (Å²) in [5.41, 5.74) is 19.8. The first-order valence-electron chi connectivity index (χ1n) is 37.7. The van der Waals surface area contributed by atoms with E-state index in [4.69, 9.17) is 38.3 Å². The maximum Gasteiger partial charge on any atom is 0.164 e. The number of halogens is 1. The summed E-state index contributed by atoms with van der Waals surface area (Å²) in [6.45, 7) is 17.0. The van der Waals surface area contributed by atoms with E-state index in [1.807, 2.05) is 18.2 Å². The van der Waals surface area contributed by atoms with Crippen molar-refractivity contribution in [3.63, 3.8) is 0 Å². The first kappa shape index (κ1) is 74.9. The molecule has 3 aliphatic carbocycles. The number of rotatable bonds is 23. The van der Waals surface area contributed by atoms with E-state index >= 15 is 0 Å². The molecule has 12 nitrogen and oxygen atoms in total. The molecule has 13 heteroatoms. The van der Waals surface area contributed by atoms with Gasteiger partial charge in [0.25, 0.3) is 0 Å². The molecule has 0 aromatic heterocycles. The molecule has 0 bridgehead atoms. The van der Waals surface area contributed by atoms with Crippen LogP contribution < -0.4 is 33.2 Å². The molecule has 0 saturated carbocycles. The van der Waals surface area contributed by atoms with E-state index in [1.54, 1.807) is 34.3 Å². The Morgan fingerprint density at radius 3 is 1.44 bits per heavy atom.